The minimum absolute atomic E-state index is 0.0680. The molecule has 1 N–H and O–H groups in total. The van der Waals surface area contributed by atoms with Crippen molar-refractivity contribution in [2.24, 2.45) is 0 Å². The average molecular weight is 666 g/mol. The molecule has 0 radical (unpaired) electrons. The highest BCUT2D eigenvalue weighted by Crippen LogP contribution is 2.28. The van der Waals surface area contributed by atoms with Crippen molar-refractivity contribution >= 4 is 39.1 Å². The lowest BCUT2D eigenvalue weighted by Gasteiger charge is -2.34. The molecule has 242 valence electrons. The summed E-state index contributed by atoms with van der Waals surface area (Å²) in [5.41, 5.74) is 1.54. The van der Waals surface area contributed by atoms with Gasteiger partial charge in [-0.05, 0) is 79.1 Å². The second kappa shape index (κ2) is 15.7. The van der Waals surface area contributed by atoms with E-state index in [0.29, 0.717) is 17.7 Å². The molecule has 0 heterocycles. The summed E-state index contributed by atoms with van der Waals surface area (Å²) in [6.07, 6.45) is 0.830. The number of nitrogens with one attached hydrogen (secondary N) is 1. The van der Waals surface area contributed by atoms with Gasteiger partial charge in [0.25, 0.3) is 10.0 Å². The van der Waals surface area contributed by atoms with Crippen LogP contribution in [0.3, 0.4) is 0 Å². The van der Waals surface area contributed by atoms with Crippen LogP contribution in [-0.4, -0.2) is 50.9 Å². The molecule has 0 unspecified atom stereocenters. The van der Waals surface area contributed by atoms with Crippen LogP contribution in [0.4, 0.5) is 10.1 Å². The first-order chi connectivity index (χ1) is 22.0. The molecule has 4 aromatic carbocycles. The van der Waals surface area contributed by atoms with Crippen LogP contribution in [0.2, 0.25) is 5.02 Å². The Balaban J connectivity index is 1.80. The van der Waals surface area contributed by atoms with Crippen molar-refractivity contribution in [2.45, 2.75) is 50.2 Å². The third kappa shape index (κ3) is 8.86. The Labute approximate surface area is 274 Å². The SMILES string of the molecule is CC[C@@H](C)NC(=O)[C@H](Cc1ccccc1)N(Cc1ccc(F)cc1)C(=O)CN(c1cccc(Cl)c1)S(=O)(=O)c1ccc(OC)cc1. The number of hydrogen-bond donors (Lipinski definition) is 1. The van der Waals surface area contributed by atoms with E-state index in [1.54, 1.807) is 18.2 Å². The maximum Gasteiger partial charge on any atom is 0.264 e. The number of sulfonamides is 1. The summed E-state index contributed by atoms with van der Waals surface area (Å²) in [6, 6.07) is 25.7. The summed E-state index contributed by atoms with van der Waals surface area (Å²) in [7, 11) is -2.84. The van der Waals surface area contributed by atoms with Gasteiger partial charge in [0.05, 0.1) is 17.7 Å². The molecule has 0 aromatic heterocycles. The maximum absolute atomic E-state index is 14.5. The Hall–Kier alpha value is -4.41. The molecule has 11 heteroatoms. The number of nitrogens with zero attached hydrogens (tertiary/aromatic N) is 2. The van der Waals surface area contributed by atoms with Crippen molar-refractivity contribution in [3.8, 4) is 5.75 Å². The van der Waals surface area contributed by atoms with Gasteiger partial charge in [0.15, 0.2) is 0 Å². The zero-order valence-electron chi connectivity index (χ0n) is 25.9. The molecule has 0 saturated heterocycles. The number of anilines is 1. The number of rotatable bonds is 14. The van der Waals surface area contributed by atoms with E-state index in [9.17, 15) is 22.4 Å². The minimum atomic E-state index is -4.31. The van der Waals surface area contributed by atoms with Crippen LogP contribution in [-0.2, 0) is 32.6 Å². The molecule has 2 amide bonds. The normalized spacial score (nSPS) is 12.5. The van der Waals surface area contributed by atoms with E-state index >= 15 is 0 Å². The van der Waals surface area contributed by atoms with E-state index < -0.39 is 34.3 Å². The fourth-order valence-electron chi connectivity index (χ4n) is 4.82. The molecule has 8 nitrogen and oxygen atoms in total. The smallest absolute Gasteiger partial charge is 0.264 e. The molecule has 2 atom stereocenters. The molecule has 0 fully saturated rings. The van der Waals surface area contributed by atoms with E-state index in [0.717, 1.165) is 9.87 Å². The standard InChI is InChI=1S/C35H37ClFN3O5S/c1-4-25(2)38-35(42)33(21-26-9-6-5-7-10-26)39(23-27-13-15-29(37)16-14-27)34(41)24-40(30-12-8-11-28(36)22-30)46(43,44)32-19-17-31(45-3)18-20-32/h5-20,22,25,33H,4,21,23-24H2,1-3H3,(H,38,42)/t25-,33+/m1/s1. The lowest BCUT2D eigenvalue weighted by Crippen LogP contribution is -2.54. The predicted octanol–water partition coefficient (Wildman–Crippen LogP) is 6.24. The van der Waals surface area contributed by atoms with E-state index in [1.807, 2.05) is 44.2 Å². The van der Waals surface area contributed by atoms with Gasteiger partial charge in [-0.2, -0.15) is 0 Å². The van der Waals surface area contributed by atoms with Crippen molar-refractivity contribution in [1.82, 2.24) is 10.2 Å². The first kappa shape index (κ1) is 34.5. The molecule has 4 rings (SSSR count). The number of hydrogen-bond acceptors (Lipinski definition) is 5. The first-order valence-electron chi connectivity index (χ1n) is 14.8. The molecule has 0 aliphatic heterocycles. The van der Waals surface area contributed by atoms with Crippen molar-refractivity contribution in [1.29, 1.82) is 0 Å². The third-order valence-electron chi connectivity index (χ3n) is 7.56. The summed E-state index contributed by atoms with van der Waals surface area (Å²) in [4.78, 5) is 29.6. The first-order valence-corrected chi connectivity index (χ1v) is 16.6. The summed E-state index contributed by atoms with van der Waals surface area (Å²) in [6.45, 7) is 3.09. The van der Waals surface area contributed by atoms with Gasteiger partial charge in [-0.3, -0.25) is 13.9 Å². The van der Waals surface area contributed by atoms with Gasteiger partial charge in [0.1, 0.15) is 24.2 Å². The number of carbonyl (C=O) groups excluding carboxylic acids is 2. The highest BCUT2D eigenvalue weighted by atomic mass is 35.5. The van der Waals surface area contributed by atoms with Gasteiger partial charge in [0.2, 0.25) is 11.8 Å². The Kier molecular flexibility index (Phi) is 11.8. The second-order valence-corrected chi connectivity index (χ2v) is 13.1. The van der Waals surface area contributed by atoms with Crippen LogP contribution in [0.1, 0.15) is 31.4 Å². The zero-order chi connectivity index (χ0) is 33.3. The molecule has 0 aliphatic rings. The van der Waals surface area contributed by atoms with Crippen LogP contribution >= 0.6 is 11.6 Å². The van der Waals surface area contributed by atoms with Gasteiger partial charge in [-0.1, -0.05) is 67.1 Å². The number of carbonyl (C=O) groups is 2. The van der Waals surface area contributed by atoms with Gasteiger partial charge in [0, 0.05) is 24.0 Å². The van der Waals surface area contributed by atoms with Crippen LogP contribution < -0.4 is 14.4 Å². The van der Waals surface area contributed by atoms with Crippen LogP contribution in [0.5, 0.6) is 5.75 Å². The Morgan fingerprint density at radius 3 is 2.20 bits per heavy atom. The quantitative estimate of drug-likeness (QED) is 0.172. The number of amides is 2. The summed E-state index contributed by atoms with van der Waals surface area (Å²) >= 11 is 6.27. The maximum atomic E-state index is 14.5. The van der Waals surface area contributed by atoms with Crippen molar-refractivity contribution in [3.63, 3.8) is 0 Å². The van der Waals surface area contributed by atoms with E-state index in [-0.39, 0.29) is 40.5 Å². The highest BCUT2D eigenvalue weighted by Gasteiger charge is 2.35. The van der Waals surface area contributed by atoms with Crippen LogP contribution in [0.25, 0.3) is 0 Å². The fourth-order valence-corrected chi connectivity index (χ4v) is 6.41. The summed E-state index contributed by atoms with van der Waals surface area (Å²) < 4.78 is 48.3. The van der Waals surface area contributed by atoms with Gasteiger partial charge >= 0.3 is 0 Å². The average Bonchev–Trinajstić information content (AvgIpc) is 3.06. The van der Waals surface area contributed by atoms with Crippen molar-refractivity contribution < 1.29 is 27.1 Å². The monoisotopic (exact) mass is 665 g/mol. The fraction of sp³-hybridized carbons (Fsp3) is 0.257. The Bertz CT molecular complexity index is 1720. The van der Waals surface area contributed by atoms with Gasteiger partial charge in [-0.25, -0.2) is 12.8 Å². The Morgan fingerprint density at radius 1 is 0.913 bits per heavy atom. The molecule has 0 spiro atoms. The van der Waals surface area contributed by atoms with Crippen LogP contribution in [0, 0.1) is 5.82 Å². The number of benzene rings is 4. The summed E-state index contributed by atoms with van der Waals surface area (Å²) in [5.74, 6) is -1.01. The number of methoxy groups -OCH3 is 1. The van der Waals surface area contributed by atoms with E-state index in [2.05, 4.69) is 5.32 Å². The topological polar surface area (TPSA) is 96.0 Å². The third-order valence-corrected chi connectivity index (χ3v) is 9.58. The molecule has 0 aliphatic carbocycles. The lowest BCUT2D eigenvalue weighted by atomic mass is 10.0. The molecule has 4 aromatic rings. The minimum Gasteiger partial charge on any atom is -0.497 e. The van der Waals surface area contributed by atoms with Gasteiger partial charge < -0.3 is 15.0 Å². The summed E-state index contributed by atoms with van der Waals surface area (Å²) in [5, 5.41) is 3.26. The zero-order valence-corrected chi connectivity index (χ0v) is 27.5. The van der Waals surface area contributed by atoms with E-state index in [1.165, 1.54) is 66.6 Å². The molecule has 46 heavy (non-hydrogen) atoms. The van der Waals surface area contributed by atoms with E-state index in [4.69, 9.17) is 16.3 Å². The molecule has 0 bridgehead atoms. The highest BCUT2D eigenvalue weighted by molar-refractivity contribution is 7.92. The van der Waals surface area contributed by atoms with Crippen molar-refractivity contribution in [2.75, 3.05) is 18.0 Å². The largest absolute Gasteiger partial charge is 0.497 e. The lowest BCUT2D eigenvalue weighted by molar-refractivity contribution is -0.140. The number of halogens is 2. The molecule has 0 saturated carbocycles. The molecular weight excluding hydrogens is 629 g/mol. The molecular formula is C35H37ClFN3O5S. The van der Waals surface area contributed by atoms with Crippen LogP contribution in [0.15, 0.2) is 108 Å². The van der Waals surface area contributed by atoms with Gasteiger partial charge in [-0.15, -0.1) is 0 Å². The second-order valence-electron chi connectivity index (χ2n) is 10.8. The number of ether oxygens (including phenoxy) is 1. The van der Waals surface area contributed by atoms with Crippen molar-refractivity contribution in [3.05, 3.63) is 125 Å². The Morgan fingerprint density at radius 2 is 1.59 bits per heavy atom. The predicted molar refractivity (Wildman–Crippen MR) is 178 cm³/mol.